The van der Waals surface area contributed by atoms with Gasteiger partial charge in [0.1, 0.15) is 5.82 Å². The van der Waals surface area contributed by atoms with Gasteiger partial charge in [-0.15, -0.1) is 0 Å². The van der Waals surface area contributed by atoms with Crippen LogP contribution in [0.5, 0.6) is 0 Å². The van der Waals surface area contributed by atoms with Crippen molar-refractivity contribution in [3.8, 4) is 0 Å². The summed E-state index contributed by atoms with van der Waals surface area (Å²) in [5.41, 5.74) is 0. The lowest BCUT2D eigenvalue weighted by Gasteiger charge is -2.22. The van der Waals surface area contributed by atoms with Crippen molar-refractivity contribution in [3.05, 3.63) is 12.3 Å². The van der Waals surface area contributed by atoms with Crippen LogP contribution in [0.1, 0.15) is 19.8 Å². The molecule has 6 nitrogen and oxygen atoms in total. The fraction of sp³-hybridized carbons (Fsp3) is 0.615. The predicted octanol–water partition coefficient (Wildman–Crippen LogP) is 0.967. The zero-order valence-corrected chi connectivity index (χ0v) is 11.6. The van der Waals surface area contributed by atoms with Crippen molar-refractivity contribution >= 4 is 17.7 Å². The molecule has 1 N–H and O–H groups in total. The maximum absolute atomic E-state index is 12.1. The number of likely N-dealkylation sites (tertiary alicyclic amines) is 1. The standard InChI is InChI=1S/C13H21N5O/c1-3-14-13-15-7-6-11(16-13)17(2)10-12(19)18-8-4-5-9-18/h6-7H,3-5,8-10H2,1-2H3,(H,14,15,16). The van der Waals surface area contributed by atoms with E-state index in [0.717, 1.165) is 38.3 Å². The largest absolute Gasteiger partial charge is 0.354 e. The summed E-state index contributed by atoms with van der Waals surface area (Å²) in [7, 11) is 1.88. The van der Waals surface area contributed by atoms with E-state index >= 15 is 0 Å². The number of carbonyl (C=O) groups excluding carboxylic acids is 1. The zero-order valence-electron chi connectivity index (χ0n) is 11.6. The van der Waals surface area contributed by atoms with Crippen LogP contribution in [-0.2, 0) is 4.79 Å². The van der Waals surface area contributed by atoms with Crippen LogP contribution < -0.4 is 10.2 Å². The number of aromatic nitrogens is 2. The summed E-state index contributed by atoms with van der Waals surface area (Å²) in [4.78, 5) is 24.3. The molecule has 0 atom stereocenters. The number of rotatable bonds is 5. The molecule has 1 amide bonds. The molecule has 0 saturated carbocycles. The molecule has 1 aliphatic heterocycles. The van der Waals surface area contributed by atoms with Gasteiger partial charge in [0.05, 0.1) is 6.54 Å². The summed E-state index contributed by atoms with van der Waals surface area (Å²) in [6.45, 7) is 4.91. The monoisotopic (exact) mass is 263 g/mol. The highest BCUT2D eigenvalue weighted by molar-refractivity contribution is 5.81. The summed E-state index contributed by atoms with van der Waals surface area (Å²) in [6, 6.07) is 1.82. The van der Waals surface area contributed by atoms with Gasteiger partial charge in [0.25, 0.3) is 0 Å². The molecule has 2 rings (SSSR count). The molecule has 1 fully saturated rings. The Labute approximate surface area is 113 Å². The molecule has 1 aromatic rings. The lowest BCUT2D eigenvalue weighted by molar-refractivity contribution is -0.128. The van der Waals surface area contributed by atoms with Crippen molar-refractivity contribution in [2.75, 3.05) is 43.4 Å². The maximum Gasteiger partial charge on any atom is 0.242 e. The minimum absolute atomic E-state index is 0.170. The third-order valence-electron chi connectivity index (χ3n) is 3.20. The van der Waals surface area contributed by atoms with Crippen LogP contribution in [0.4, 0.5) is 11.8 Å². The third kappa shape index (κ3) is 3.56. The summed E-state index contributed by atoms with van der Waals surface area (Å²) in [5, 5.41) is 3.07. The van der Waals surface area contributed by atoms with E-state index in [1.807, 2.05) is 29.8 Å². The quantitative estimate of drug-likeness (QED) is 0.857. The van der Waals surface area contributed by atoms with E-state index in [-0.39, 0.29) is 5.91 Å². The van der Waals surface area contributed by atoms with Crippen LogP contribution in [0.15, 0.2) is 12.3 Å². The minimum Gasteiger partial charge on any atom is -0.354 e. The Hall–Kier alpha value is -1.85. The molecular formula is C13H21N5O. The van der Waals surface area contributed by atoms with Crippen LogP contribution >= 0.6 is 0 Å². The lowest BCUT2D eigenvalue weighted by atomic mass is 10.4. The Morgan fingerprint density at radius 3 is 2.89 bits per heavy atom. The summed E-state index contributed by atoms with van der Waals surface area (Å²) >= 11 is 0. The van der Waals surface area contributed by atoms with Crippen molar-refractivity contribution in [3.63, 3.8) is 0 Å². The molecule has 19 heavy (non-hydrogen) atoms. The Kier molecular flexibility index (Phi) is 4.54. The zero-order chi connectivity index (χ0) is 13.7. The third-order valence-corrected chi connectivity index (χ3v) is 3.20. The van der Waals surface area contributed by atoms with Gasteiger partial charge in [-0.1, -0.05) is 0 Å². The number of carbonyl (C=O) groups is 1. The van der Waals surface area contributed by atoms with Crippen LogP contribution in [-0.4, -0.2) is 54.0 Å². The van der Waals surface area contributed by atoms with Gasteiger partial charge in [0.2, 0.25) is 11.9 Å². The van der Waals surface area contributed by atoms with Gasteiger partial charge in [0.15, 0.2) is 0 Å². The second-order valence-corrected chi connectivity index (χ2v) is 4.71. The average molecular weight is 263 g/mol. The summed E-state index contributed by atoms with van der Waals surface area (Å²) < 4.78 is 0. The van der Waals surface area contributed by atoms with Gasteiger partial charge in [0, 0.05) is 32.9 Å². The molecule has 1 saturated heterocycles. The predicted molar refractivity (Wildman–Crippen MR) is 75.3 cm³/mol. The molecule has 0 aliphatic carbocycles. The number of anilines is 2. The van der Waals surface area contributed by atoms with E-state index in [4.69, 9.17) is 0 Å². The number of amides is 1. The molecule has 0 spiro atoms. The Bertz CT molecular complexity index is 431. The van der Waals surface area contributed by atoms with Crippen molar-refractivity contribution in [2.45, 2.75) is 19.8 Å². The highest BCUT2D eigenvalue weighted by atomic mass is 16.2. The Morgan fingerprint density at radius 2 is 2.21 bits per heavy atom. The first-order chi connectivity index (χ1) is 9.20. The molecule has 0 aromatic carbocycles. The van der Waals surface area contributed by atoms with E-state index < -0.39 is 0 Å². The molecule has 0 bridgehead atoms. The molecule has 104 valence electrons. The number of likely N-dealkylation sites (N-methyl/N-ethyl adjacent to an activating group) is 1. The molecule has 1 aromatic heterocycles. The first-order valence-corrected chi connectivity index (χ1v) is 6.76. The van der Waals surface area contributed by atoms with E-state index in [1.165, 1.54) is 0 Å². The van der Waals surface area contributed by atoms with Gasteiger partial charge >= 0.3 is 0 Å². The molecule has 1 aliphatic rings. The van der Waals surface area contributed by atoms with E-state index in [0.29, 0.717) is 12.5 Å². The number of nitrogens with zero attached hydrogens (tertiary/aromatic N) is 4. The SMILES string of the molecule is CCNc1nccc(N(C)CC(=O)N2CCCC2)n1. The topological polar surface area (TPSA) is 61.4 Å². The fourth-order valence-electron chi connectivity index (χ4n) is 2.16. The van der Waals surface area contributed by atoms with Crippen molar-refractivity contribution in [1.29, 1.82) is 0 Å². The molecule has 0 radical (unpaired) electrons. The first-order valence-electron chi connectivity index (χ1n) is 6.76. The molecule has 2 heterocycles. The first kappa shape index (κ1) is 13.6. The van der Waals surface area contributed by atoms with Gasteiger partial charge in [-0.05, 0) is 25.8 Å². The smallest absolute Gasteiger partial charge is 0.242 e. The van der Waals surface area contributed by atoms with Gasteiger partial charge in [-0.3, -0.25) is 4.79 Å². The summed E-state index contributed by atoms with van der Waals surface area (Å²) in [6.07, 6.45) is 3.94. The second kappa shape index (κ2) is 6.36. The Balaban J connectivity index is 1.96. The van der Waals surface area contributed by atoms with E-state index in [9.17, 15) is 4.79 Å². The molecular weight excluding hydrogens is 242 g/mol. The Morgan fingerprint density at radius 1 is 1.47 bits per heavy atom. The second-order valence-electron chi connectivity index (χ2n) is 4.71. The molecule has 0 unspecified atom stereocenters. The molecule has 6 heteroatoms. The van der Waals surface area contributed by atoms with Crippen molar-refractivity contribution < 1.29 is 4.79 Å². The average Bonchev–Trinajstić information content (AvgIpc) is 2.93. The fourth-order valence-corrected chi connectivity index (χ4v) is 2.16. The minimum atomic E-state index is 0.170. The van der Waals surface area contributed by atoms with Crippen LogP contribution in [0.25, 0.3) is 0 Å². The van der Waals surface area contributed by atoms with Crippen LogP contribution in [0.2, 0.25) is 0 Å². The van der Waals surface area contributed by atoms with Crippen LogP contribution in [0, 0.1) is 0 Å². The van der Waals surface area contributed by atoms with Crippen molar-refractivity contribution in [1.82, 2.24) is 14.9 Å². The number of hydrogen-bond acceptors (Lipinski definition) is 5. The van der Waals surface area contributed by atoms with Gasteiger partial charge in [-0.25, -0.2) is 4.98 Å². The number of hydrogen-bond donors (Lipinski definition) is 1. The lowest BCUT2D eigenvalue weighted by Crippen LogP contribution is -2.37. The van der Waals surface area contributed by atoms with E-state index in [1.54, 1.807) is 6.20 Å². The highest BCUT2D eigenvalue weighted by Gasteiger charge is 2.19. The maximum atomic E-state index is 12.1. The highest BCUT2D eigenvalue weighted by Crippen LogP contribution is 2.12. The van der Waals surface area contributed by atoms with Gasteiger partial charge in [-0.2, -0.15) is 4.98 Å². The number of nitrogens with one attached hydrogen (secondary N) is 1. The van der Waals surface area contributed by atoms with Gasteiger partial charge < -0.3 is 15.1 Å². The van der Waals surface area contributed by atoms with Crippen LogP contribution in [0.3, 0.4) is 0 Å². The summed E-state index contributed by atoms with van der Waals surface area (Å²) in [5.74, 6) is 1.53. The van der Waals surface area contributed by atoms with E-state index in [2.05, 4.69) is 15.3 Å². The van der Waals surface area contributed by atoms with Crippen molar-refractivity contribution in [2.24, 2.45) is 0 Å². The normalized spacial score (nSPS) is 14.5.